The van der Waals surface area contributed by atoms with Crippen molar-refractivity contribution in [2.24, 2.45) is 5.92 Å². The lowest BCUT2D eigenvalue weighted by molar-refractivity contribution is -0.123. The van der Waals surface area contributed by atoms with Gasteiger partial charge in [0, 0.05) is 53.7 Å². The monoisotopic (exact) mass is 701 g/mol. The van der Waals surface area contributed by atoms with Crippen molar-refractivity contribution in [2.45, 2.75) is 57.2 Å². The Labute approximate surface area is 294 Å². The van der Waals surface area contributed by atoms with Gasteiger partial charge in [-0.15, -0.1) is 0 Å². The van der Waals surface area contributed by atoms with Crippen molar-refractivity contribution in [3.63, 3.8) is 0 Å². The summed E-state index contributed by atoms with van der Waals surface area (Å²) in [6.45, 7) is 2.02. The highest BCUT2D eigenvalue weighted by Crippen LogP contribution is 2.42. The van der Waals surface area contributed by atoms with Gasteiger partial charge in [-0.1, -0.05) is 59.6 Å². The average Bonchev–Trinajstić information content (AvgIpc) is 3.83. The Kier molecular flexibility index (Phi) is 9.66. The molecule has 2 aromatic heterocycles. The van der Waals surface area contributed by atoms with Gasteiger partial charge < -0.3 is 20.1 Å². The Morgan fingerprint density at radius 2 is 1.47 bits per heavy atom. The summed E-state index contributed by atoms with van der Waals surface area (Å²) in [5.74, 6) is 1.36. The van der Waals surface area contributed by atoms with Gasteiger partial charge in [0.15, 0.2) is 0 Å². The van der Waals surface area contributed by atoms with E-state index >= 15 is 0 Å². The molecule has 0 radical (unpaired) electrons. The van der Waals surface area contributed by atoms with Crippen LogP contribution in [-0.4, -0.2) is 76.0 Å². The number of fused-ring (bicyclic) bond motifs is 1. The molecule has 49 heavy (non-hydrogen) atoms. The van der Waals surface area contributed by atoms with Crippen LogP contribution < -0.4 is 20.1 Å². The van der Waals surface area contributed by atoms with Crippen LogP contribution in [0.1, 0.15) is 43.5 Å². The Bertz CT molecular complexity index is 1910. The molecule has 3 saturated heterocycles. The third-order valence-electron chi connectivity index (χ3n) is 9.69. The highest BCUT2D eigenvalue weighted by atomic mass is 35.5. The van der Waals surface area contributed by atoms with Crippen molar-refractivity contribution < 1.29 is 19.1 Å². The van der Waals surface area contributed by atoms with E-state index in [0.29, 0.717) is 75.3 Å². The maximum atomic E-state index is 12.4. The van der Waals surface area contributed by atoms with E-state index in [-0.39, 0.29) is 23.9 Å². The Morgan fingerprint density at radius 3 is 2.08 bits per heavy atom. The lowest BCUT2D eigenvalue weighted by atomic mass is 9.98. The van der Waals surface area contributed by atoms with Crippen molar-refractivity contribution >= 4 is 35.0 Å². The number of likely N-dealkylation sites (tertiary alicyclic amines) is 1. The summed E-state index contributed by atoms with van der Waals surface area (Å²) in [6.07, 6.45) is 8.27. The number of carbonyl (C=O) groups excluding carboxylic acids is 2. The lowest BCUT2D eigenvalue weighted by Gasteiger charge is -2.22. The molecular formula is C36H37Cl2N7O4. The number of methoxy groups -OCH3 is 2. The third kappa shape index (κ3) is 6.67. The van der Waals surface area contributed by atoms with Crippen molar-refractivity contribution in [1.82, 2.24) is 35.5 Å². The molecule has 2 N–H and O–H groups in total. The van der Waals surface area contributed by atoms with Gasteiger partial charge in [0.1, 0.15) is 11.4 Å². The predicted octanol–water partition coefficient (Wildman–Crippen LogP) is 5.51. The van der Waals surface area contributed by atoms with Gasteiger partial charge in [0.05, 0.1) is 54.1 Å². The minimum Gasteiger partial charge on any atom is -0.480 e. The summed E-state index contributed by atoms with van der Waals surface area (Å²) in [5, 5.41) is 6.92. The first-order valence-electron chi connectivity index (χ1n) is 16.5. The molecule has 13 heteroatoms. The molecule has 3 atom stereocenters. The van der Waals surface area contributed by atoms with Crippen LogP contribution in [0.4, 0.5) is 0 Å². The van der Waals surface area contributed by atoms with E-state index in [0.717, 1.165) is 55.6 Å². The Hall–Kier alpha value is -4.32. The highest BCUT2D eigenvalue weighted by Gasteiger charge is 2.43. The standard InChI is InChI=1S/C36H37Cl2N7O4/c1-48-35-26(11-3-6-21-12-13-30(46)42-21)39-17-27(43-35)24-9-4-7-22(31(24)37)23-8-5-10-25(32(23)38)28-18-40-29(36(44-28)49-2)19-45-15-14-20-16-41-34(47)33(20)45/h4-5,7-10,17-18,20-21,33H,3,6,11-16,19H2,1-2H3,(H,41,47)(H,42,46)/t20-,21+,33-/m0/s1. The fourth-order valence-corrected chi connectivity index (χ4v) is 7.82. The van der Waals surface area contributed by atoms with Crippen molar-refractivity contribution in [3.8, 4) is 45.4 Å². The van der Waals surface area contributed by atoms with E-state index in [2.05, 4.69) is 20.5 Å². The average molecular weight is 703 g/mol. The second-order valence-corrected chi connectivity index (χ2v) is 13.4. The smallest absolute Gasteiger partial charge is 0.237 e. The first kappa shape index (κ1) is 33.2. The number of hydrogen-bond donors (Lipinski definition) is 2. The molecule has 2 aromatic carbocycles. The van der Waals surface area contributed by atoms with E-state index in [9.17, 15) is 9.59 Å². The van der Waals surface area contributed by atoms with Gasteiger partial charge in [-0.2, -0.15) is 0 Å². The van der Waals surface area contributed by atoms with Gasteiger partial charge in [0.25, 0.3) is 0 Å². The number of carbonyl (C=O) groups is 2. The van der Waals surface area contributed by atoms with Crippen LogP contribution in [0.2, 0.25) is 10.0 Å². The first-order chi connectivity index (χ1) is 23.8. The molecule has 0 bridgehead atoms. The molecule has 4 aromatic rings. The van der Waals surface area contributed by atoms with Gasteiger partial charge in [-0.25, -0.2) is 9.97 Å². The fourth-order valence-electron chi connectivity index (χ4n) is 7.17. The molecule has 11 nitrogen and oxygen atoms in total. The number of ether oxygens (including phenoxy) is 2. The second-order valence-electron chi connectivity index (χ2n) is 12.7. The summed E-state index contributed by atoms with van der Waals surface area (Å²) in [6, 6.07) is 11.5. The maximum absolute atomic E-state index is 12.4. The van der Waals surface area contributed by atoms with Gasteiger partial charge in [-0.05, 0) is 38.6 Å². The number of amides is 2. The number of halogens is 2. The predicted molar refractivity (Wildman–Crippen MR) is 186 cm³/mol. The summed E-state index contributed by atoms with van der Waals surface area (Å²) >= 11 is 14.1. The Morgan fingerprint density at radius 1 is 0.857 bits per heavy atom. The minimum absolute atomic E-state index is 0.0729. The molecule has 2 amide bonds. The van der Waals surface area contributed by atoms with Crippen LogP contribution in [0.15, 0.2) is 48.8 Å². The molecule has 0 spiro atoms. The molecular weight excluding hydrogens is 665 g/mol. The lowest BCUT2D eigenvalue weighted by Crippen LogP contribution is -2.38. The van der Waals surface area contributed by atoms with Gasteiger partial charge in [-0.3, -0.25) is 24.5 Å². The topological polar surface area (TPSA) is 131 Å². The zero-order valence-corrected chi connectivity index (χ0v) is 28.9. The molecule has 3 fully saturated rings. The molecule has 3 aliphatic heterocycles. The highest BCUT2D eigenvalue weighted by molar-refractivity contribution is 6.39. The van der Waals surface area contributed by atoms with Crippen LogP contribution >= 0.6 is 23.2 Å². The fraction of sp³-hybridized carbons (Fsp3) is 0.389. The largest absolute Gasteiger partial charge is 0.480 e. The number of hydrogen-bond acceptors (Lipinski definition) is 9. The summed E-state index contributed by atoms with van der Waals surface area (Å²) in [7, 11) is 3.15. The second kappa shape index (κ2) is 14.3. The number of nitrogens with one attached hydrogen (secondary N) is 2. The maximum Gasteiger partial charge on any atom is 0.237 e. The molecule has 5 heterocycles. The number of rotatable bonds is 11. The summed E-state index contributed by atoms with van der Waals surface area (Å²) in [5.41, 5.74) is 5.38. The molecule has 3 aliphatic rings. The number of nitrogens with zero attached hydrogens (tertiary/aromatic N) is 5. The first-order valence-corrected chi connectivity index (χ1v) is 17.3. The van der Waals surface area contributed by atoms with Crippen molar-refractivity contribution in [3.05, 3.63) is 70.2 Å². The van der Waals surface area contributed by atoms with Gasteiger partial charge >= 0.3 is 0 Å². The molecule has 0 saturated carbocycles. The van der Waals surface area contributed by atoms with E-state index in [1.807, 2.05) is 36.4 Å². The number of benzene rings is 2. The Balaban J connectivity index is 1.12. The summed E-state index contributed by atoms with van der Waals surface area (Å²) in [4.78, 5) is 45.0. The third-order valence-corrected chi connectivity index (χ3v) is 10.5. The summed E-state index contributed by atoms with van der Waals surface area (Å²) < 4.78 is 11.3. The van der Waals surface area contributed by atoms with Crippen LogP contribution in [0.5, 0.6) is 11.8 Å². The molecule has 0 aliphatic carbocycles. The minimum atomic E-state index is -0.138. The van der Waals surface area contributed by atoms with E-state index in [4.69, 9.17) is 47.6 Å². The van der Waals surface area contributed by atoms with E-state index < -0.39 is 0 Å². The van der Waals surface area contributed by atoms with E-state index in [1.165, 1.54) is 0 Å². The molecule has 7 rings (SSSR count). The van der Waals surface area contributed by atoms with Gasteiger partial charge in [0.2, 0.25) is 23.6 Å². The van der Waals surface area contributed by atoms with Crippen LogP contribution in [0.25, 0.3) is 33.6 Å². The van der Waals surface area contributed by atoms with E-state index in [1.54, 1.807) is 26.6 Å². The number of aryl methyl sites for hydroxylation is 1. The quantitative estimate of drug-likeness (QED) is 0.208. The molecule has 0 unspecified atom stereocenters. The van der Waals surface area contributed by atoms with Crippen LogP contribution in [0.3, 0.4) is 0 Å². The normalized spacial score (nSPS) is 20.3. The SMILES string of the molecule is COc1nc(-c2cccc(-c3cccc(-c4cnc(CN5CC[C@H]6CNC(=O)[C@H]65)c(OC)n4)c3Cl)c2Cl)cnc1CCC[C@@H]1CCC(=O)N1. The zero-order valence-electron chi connectivity index (χ0n) is 27.3. The van der Waals surface area contributed by atoms with Crippen LogP contribution in [-0.2, 0) is 22.6 Å². The zero-order chi connectivity index (χ0) is 34.1. The van der Waals surface area contributed by atoms with Crippen molar-refractivity contribution in [1.29, 1.82) is 0 Å². The van der Waals surface area contributed by atoms with Crippen molar-refractivity contribution in [2.75, 3.05) is 27.3 Å². The van der Waals surface area contributed by atoms with Crippen LogP contribution in [0, 0.1) is 5.92 Å². The number of aromatic nitrogens is 4. The molecule has 254 valence electrons.